The molecule has 1 aliphatic heterocycles. The summed E-state index contributed by atoms with van der Waals surface area (Å²) in [5.41, 5.74) is 1.000. The molecule has 2 N–H and O–H groups in total. The Morgan fingerprint density at radius 3 is 2.15 bits per heavy atom. The van der Waals surface area contributed by atoms with Gasteiger partial charge in [0.25, 0.3) is 11.8 Å². The van der Waals surface area contributed by atoms with Gasteiger partial charge in [-0.25, -0.2) is 0 Å². The van der Waals surface area contributed by atoms with Gasteiger partial charge in [-0.05, 0) is 61.6 Å². The first-order valence-corrected chi connectivity index (χ1v) is 11.6. The molecule has 1 fully saturated rings. The van der Waals surface area contributed by atoms with Crippen LogP contribution in [-0.4, -0.2) is 62.5 Å². The Labute approximate surface area is 200 Å². The summed E-state index contributed by atoms with van der Waals surface area (Å²) >= 11 is 0. The summed E-state index contributed by atoms with van der Waals surface area (Å²) in [7, 11) is 3.11. The molecule has 3 rings (SSSR count). The van der Waals surface area contributed by atoms with Gasteiger partial charge in [-0.15, -0.1) is 0 Å². The number of carbonyl (C=O) groups excluding carboxylic acids is 3. The lowest BCUT2D eigenvalue weighted by Crippen LogP contribution is -2.54. The van der Waals surface area contributed by atoms with Gasteiger partial charge in [0, 0.05) is 30.8 Å². The summed E-state index contributed by atoms with van der Waals surface area (Å²) in [4.78, 5) is 40.6. The highest BCUT2D eigenvalue weighted by Gasteiger charge is 2.34. The quantitative estimate of drug-likeness (QED) is 0.591. The number of piperidine rings is 1. The Morgan fingerprint density at radius 2 is 1.56 bits per heavy atom. The molecule has 0 radical (unpaired) electrons. The monoisotopic (exact) mass is 467 g/mol. The highest BCUT2D eigenvalue weighted by Crippen LogP contribution is 2.24. The van der Waals surface area contributed by atoms with E-state index in [4.69, 9.17) is 9.47 Å². The molecule has 8 heteroatoms. The van der Waals surface area contributed by atoms with Gasteiger partial charge in [-0.2, -0.15) is 0 Å². The van der Waals surface area contributed by atoms with Crippen molar-refractivity contribution in [2.45, 2.75) is 32.2 Å². The standard InChI is InChI=1S/C26H33N3O5/c1-4-13-27-25(31)23(28-24(30)19-7-5-9-21(16-19)33-2)18-11-14-29(15-12-18)26(32)20-8-6-10-22(17-20)34-3/h5-10,16-18,23H,4,11-15H2,1-3H3,(H,27,31)(H,28,30)/t23-/m0/s1. The minimum atomic E-state index is -0.681. The highest BCUT2D eigenvalue weighted by molar-refractivity contribution is 5.98. The van der Waals surface area contributed by atoms with Crippen molar-refractivity contribution < 1.29 is 23.9 Å². The van der Waals surface area contributed by atoms with Crippen LogP contribution in [0, 0.1) is 5.92 Å². The Bertz CT molecular complexity index is 1000. The zero-order chi connectivity index (χ0) is 24.5. The molecule has 34 heavy (non-hydrogen) atoms. The number of ether oxygens (including phenoxy) is 2. The van der Waals surface area contributed by atoms with Crippen molar-refractivity contribution in [1.29, 1.82) is 0 Å². The third-order valence-electron chi connectivity index (χ3n) is 6.07. The maximum atomic E-state index is 13.0. The highest BCUT2D eigenvalue weighted by atomic mass is 16.5. The third-order valence-corrected chi connectivity index (χ3v) is 6.07. The number of likely N-dealkylation sites (tertiary alicyclic amines) is 1. The van der Waals surface area contributed by atoms with E-state index in [9.17, 15) is 14.4 Å². The van der Waals surface area contributed by atoms with Crippen LogP contribution in [0.25, 0.3) is 0 Å². The Kier molecular flexibility index (Phi) is 8.90. The van der Waals surface area contributed by atoms with Gasteiger partial charge in [0.1, 0.15) is 17.5 Å². The van der Waals surface area contributed by atoms with Gasteiger partial charge in [0.2, 0.25) is 5.91 Å². The van der Waals surface area contributed by atoms with E-state index in [1.54, 1.807) is 67.7 Å². The van der Waals surface area contributed by atoms with Crippen LogP contribution in [0.2, 0.25) is 0 Å². The van der Waals surface area contributed by atoms with E-state index >= 15 is 0 Å². The molecular weight excluding hydrogens is 434 g/mol. The molecule has 0 spiro atoms. The van der Waals surface area contributed by atoms with Gasteiger partial charge in [-0.3, -0.25) is 14.4 Å². The van der Waals surface area contributed by atoms with Gasteiger partial charge in [-0.1, -0.05) is 19.1 Å². The Hall–Kier alpha value is -3.55. The average Bonchev–Trinajstić information content (AvgIpc) is 2.89. The smallest absolute Gasteiger partial charge is 0.253 e. The molecule has 8 nitrogen and oxygen atoms in total. The molecule has 1 atom stereocenters. The fourth-order valence-corrected chi connectivity index (χ4v) is 4.12. The lowest BCUT2D eigenvalue weighted by atomic mass is 9.88. The van der Waals surface area contributed by atoms with Gasteiger partial charge in [0.05, 0.1) is 14.2 Å². The largest absolute Gasteiger partial charge is 0.497 e. The van der Waals surface area contributed by atoms with Crippen LogP contribution in [0.3, 0.4) is 0 Å². The number of nitrogens with one attached hydrogen (secondary N) is 2. The normalized spacial score (nSPS) is 14.7. The number of amides is 3. The number of methoxy groups -OCH3 is 2. The van der Waals surface area contributed by atoms with Crippen molar-refractivity contribution in [1.82, 2.24) is 15.5 Å². The topological polar surface area (TPSA) is 97.0 Å². The summed E-state index contributed by atoms with van der Waals surface area (Å²) in [6.45, 7) is 3.53. The fourth-order valence-electron chi connectivity index (χ4n) is 4.12. The maximum absolute atomic E-state index is 13.0. The number of hydrogen-bond donors (Lipinski definition) is 2. The first kappa shape index (κ1) is 25.1. The van der Waals surface area contributed by atoms with E-state index in [0.29, 0.717) is 55.1 Å². The van der Waals surface area contributed by atoms with Crippen molar-refractivity contribution >= 4 is 17.7 Å². The summed E-state index contributed by atoms with van der Waals surface area (Å²) in [6, 6.07) is 13.2. The third kappa shape index (κ3) is 6.27. The average molecular weight is 468 g/mol. The maximum Gasteiger partial charge on any atom is 0.253 e. The molecule has 0 aliphatic carbocycles. The second kappa shape index (κ2) is 12.1. The molecule has 1 saturated heterocycles. The zero-order valence-electron chi connectivity index (χ0n) is 20.0. The van der Waals surface area contributed by atoms with Crippen LogP contribution in [0.5, 0.6) is 11.5 Å². The molecule has 0 aromatic heterocycles. The summed E-state index contributed by atoms with van der Waals surface area (Å²) in [6.07, 6.45) is 2.02. The minimum absolute atomic E-state index is 0.0650. The van der Waals surface area contributed by atoms with Crippen LogP contribution in [0.15, 0.2) is 48.5 Å². The van der Waals surface area contributed by atoms with Crippen LogP contribution < -0.4 is 20.1 Å². The van der Waals surface area contributed by atoms with Gasteiger partial charge in [0.15, 0.2) is 0 Å². The fraction of sp³-hybridized carbons (Fsp3) is 0.423. The first-order valence-electron chi connectivity index (χ1n) is 11.6. The molecular formula is C26H33N3O5. The molecule has 1 aliphatic rings. The lowest BCUT2D eigenvalue weighted by molar-refractivity contribution is -0.124. The van der Waals surface area contributed by atoms with Gasteiger partial charge >= 0.3 is 0 Å². The van der Waals surface area contributed by atoms with Crippen molar-refractivity contribution in [2.75, 3.05) is 33.9 Å². The number of carbonyl (C=O) groups is 3. The molecule has 0 saturated carbocycles. The number of nitrogens with zero attached hydrogens (tertiary/aromatic N) is 1. The second-order valence-electron chi connectivity index (χ2n) is 8.34. The summed E-state index contributed by atoms with van der Waals surface area (Å²) in [5, 5.41) is 5.84. The van der Waals surface area contributed by atoms with Crippen molar-refractivity contribution in [3.8, 4) is 11.5 Å². The molecule has 2 aromatic rings. The SMILES string of the molecule is CCCNC(=O)[C@@H](NC(=O)c1cccc(OC)c1)C1CCN(C(=O)c2cccc(OC)c2)CC1. The Balaban J connectivity index is 1.69. The van der Waals surface area contributed by atoms with E-state index in [1.165, 1.54) is 0 Å². The van der Waals surface area contributed by atoms with E-state index in [2.05, 4.69) is 10.6 Å². The molecule has 2 aromatic carbocycles. The Morgan fingerprint density at radius 1 is 0.971 bits per heavy atom. The van der Waals surface area contributed by atoms with E-state index in [1.807, 2.05) is 6.92 Å². The lowest BCUT2D eigenvalue weighted by Gasteiger charge is -2.36. The number of benzene rings is 2. The summed E-state index contributed by atoms with van der Waals surface area (Å²) in [5.74, 6) is 0.532. The summed E-state index contributed by atoms with van der Waals surface area (Å²) < 4.78 is 10.4. The second-order valence-corrected chi connectivity index (χ2v) is 8.34. The van der Waals surface area contributed by atoms with Crippen LogP contribution in [0.1, 0.15) is 46.9 Å². The number of hydrogen-bond acceptors (Lipinski definition) is 5. The van der Waals surface area contributed by atoms with Crippen molar-refractivity contribution in [3.63, 3.8) is 0 Å². The van der Waals surface area contributed by atoms with Crippen molar-refractivity contribution in [2.24, 2.45) is 5.92 Å². The first-order chi connectivity index (χ1) is 16.5. The predicted molar refractivity (Wildman–Crippen MR) is 129 cm³/mol. The van der Waals surface area contributed by atoms with Crippen molar-refractivity contribution in [3.05, 3.63) is 59.7 Å². The van der Waals surface area contributed by atoms with E-state index in [-0.39, 0.29) is 23.6 Å². The zero-order valence-corrected chi connectivity index (χ0v) is 20.0. The van der Waals surface area contributed by atoms with Gasteiger partial charge < -0.3 is 25.0 Å². The number of rotatable bonds is 9. The molecule has 182 valence electrons. The minimum Gasteiger partial charge on any atom is -0.497 e. The van der Waals surface area contributed by atoms with Crippen LogP contribution in [0.4, 0.5) is 0 Å². The molecule has 1 heterocycles. The molecule has 0 bridgehead atoms. The van der Waals surface area contributed by atoms with E-state index < -0.39 is 6.04 Å². The van der Waals surface area contributed by atoms with Crippen LogP contribution >= 0.6 is 0 Å². The molecule has 0 unspecified atom stereocenters. The molecule has 3 amide bonds. The van der Waals surface area contributed by atoms with E-state index in [0.717, 1.165) is 6.42 Å². The van der Waals surface area contributed by atoms with Crippen LogP contribution in [-0.2, 0) is 4.79 Å². The predicted octanol–water partition coefficient (Wildman–Crippen LogP) is 2.88.